The standard InChI is InChI=1S/C25H31NO10/c1-17(28)36-22(21(30)11-10-20(29)9-6-13-34-14-12-27)23(33-2)24(31)26-19(16-35-25(26)32)15-18-7-4-3-5-8-18/h3-5,7-8,10-11,19,22-23,27H,6,9,12-16H2,1-2H3/t19-,22+,23-/m0/s1. The number of hydrogen-bond donors (Lipinski definition) is 1. The number of carbonyl (C=O) groups is 5. The molecule has 0 aliphatic carbocycles. The number of benzene rings is 1. The second-order valence-corrected chi connectivity index (χ2v) is 7.96. The molecule has 1 aliphatic rings. The zero-order valence-electron chi connectivity index (χ0n) is 20.3. The number of allylic oxidation sites excluding steroid dienone is 1. The van der Waals surface area contributed by atoms with E-state index in [0.29, 0.717) is 12.8 Å². The van der Waals surface area contributed by atoms with Gasteiger partial charge in [0.15, 0.2) is 23.8 Å². The Kier molecular flexibility index (Phi) is 11.9. The van der Waals surface area contributed by atoms with Gasteiger partial charge in [-0.2, -0.15) is 0 Å². The van der Waals surface area contributed by atoms with Crippen LogP contribution in [0.4, 0.5) is 4.79 Å². The van der Waals surface area contributed by atoms with Crippen molar-refractivity contribution in [1.82, 2.24) is 4.90 Å². The van der Waals surface area contributed by atoms with Gasteiger partial charge < -0.3 is 24.1 Å². The van der Waals surface area contributed by atoms with E-state index in [1.807, 2.05) is 30.3 Å². The number of hydrogen-bond acceptors (Lipinski definition) is 10. The predicted octanol–water partition coefficient (Wildman–Crippen LogP) is 1.01. The number of carbonyl (C=O) groups excluding carboxylic acids is 5. The van der Waals surface area contributed by atoms with Crippen LogP contribution in [0.3, 0.4) is 0 Å². The van der Waals surface area contributed by atoms with Crippen LogP contribution in [0.1, 0.15) is 25.3 Å². The number of nitrogens with zero attached hydrogens (tertiary/aromatic N) is 1. The first-order valence-electron chi connectivity index (χ1n) is 11.5. The lowest BCUT2D eigenvalue weighted by atomic mass is 10.0. The Morgan fingerprint density at radius 1 is 1.14 bits per heavy atom. The second kappa shape index (κ2) is 14.9. The van der Waals surface area contributed by atoms with Gasteiger partial charge in [0, 0.05) is 27.1 Å². The van der Waals surface area contributed by atoms with Gasteiger partial charge in [-0.15, -0.1) is 0 Å². The van der Waals surface area contributed by atoms with Crippen molar-refractivity contribution >= 4 is 29.5 Å². The third-order valence-corrected chi connectivity index (χ3v) is 5.24. The highest BCUT2D eigenvalue weighted by Gasteiger charge is 2.45. The summed E-state index contributed by atoms with van der Waals surface area (Å²) in [7, 11) is 1.14. The molecular formula is C25H31NO10. The van der Waals surface area contributed by atoms with Crippen molar-refractivity contribution in [3.05, 3.63) is 48.0 Å². The summed E-state index contributed by atoms with van der Waals surface area (Å²) in [5.74, 6) is -3.00. The number of imide groups is 1. The zero-order valence-corrected chi connectivity index (χ0v) is 20.3. The number of amides is 2. The van der Waals surface area contributed by atoms with Crippen molar-refractivity contribution in [3.8, 4) is 0 Å². The first-order valence-corrected chi connectivity index (χ1v) is 11.5. The van der Waals surface area contributed by atoms with Gasteiger partial charge in [0.2, 0.25) is 0 Å². The molecule has 1 aromatic rings. The molecule has 11 nitrogen and oxygen atoms in total. The topological polar surface area (TPSA) is 146 Å². The van der Waals surface area contributed by atoms with Crippen LogP contribution in [-0.4, -0.2) is 91.3 Å². The molecule has 0 unspecified atom stereocenters. The molecule has 1 aliphatic heterocycles. The molecular weight excluding hydrogens is 474 g/mol. The maximum atomic E-state index is 13.3. The summed E-state index contributed by atoms with van der Waals surface area (Å²) < 4.78 is 20.4. The molecule has 1 heterocycles. The molecule has 1 aromatic carbocycles. The molecule has 0 bridgehead atoms. The number of ketones is 2. The van der Waals surface area contributed by atoms with Crippen molar-refractivity contribution in [2.75, 3.05) is 33.5 Å². The quantitative estimate of drug-likeness (QED) is 0.208. The number of cyclic esters (lactones) is 1. The summed E-state index contributed by atoms with van der Waals surface area (Å²) in [6.45, 7) is 1.32. The lowest BCUT2D eigenvalue weighted by Crippen LogP contribution is -2.53. The Labute approximate surface area is 208 Å². The Morgan fingerprint density at radius 3 is 2.50 bits per heavy atom. The predicted molar refractivity (Wildman–Crippen MR) is 125 cm³/mol. The molecule has 1 saturated heterocycles. The fourth-order valence-corrected chi connectivity index (χ4v) is 3.57. The fourth-order valence-electron chi connectivity index (χ4n) is 3.57. The number of rotatable bonds is 15. The van der Waals surface area contributed by atoms with Crippen LogP contribution >= 0.6 is 0 Å². The third kappa shape index (κ3) is 8.67. The number of esters is 1. The smallest absolute Gasteiger partial charge is 0.417 e. The largest absolute Gasteiger partial charge is 0.451 e. The van der Waals surface area contributed by atoms with E-state index in [1.54, 1.807) is 0 Å². The number of methoxy groups -OCH3 is 1. The van der Waals surface area contributed by atoms with Gasteiger partial charge in [0.1, 0.15) is 6.61 Å². The molecule has 1 fully saturated rings. The minimum atomic E-state index is -1.72. The van der Waals surface area contributed by atoms with Gasteiger partial charge in [-0.3, -0.25) is 19.2 Å². The maximum absolute atomic E-state index is 13.3. The van der Waals surface area contributed by atoms with Gasteiger partial charge in [-0.1, -0.05) is 30.3 Å². The Morgan fingerprint density at radius 2 is 1.86 bits per heavy atom. The Bertz CT molecular complexity index is 945. The highest BCUT2D eigenvalue weighted by atomic mass is 16.6. The van der Waals surface area contributed by atoms with Crippen LogP contribution in [0.2, 0.25) is 0 Å². The lowest BCUT2D eigenvalue weighted by molar-refractivity contribution is -0.166. The summed E-state index contributed by atoms with van der Waals surface area (Å²) in [6.07, 6.45) is -1.55. The molecule has 36 heavy (non-hydrogen) atoms. The Balaban J connectivity index is 2.13. The molecule has 0 saturated carbocycles. The van der Waals surface area contributed by atoms with Crippen molar-refractivity contribution in [2.45, 2.75) is 44.4 Å². The normalized spacial score (nSPS) is 17.0. The molecule has 0 aromatic heterocycles. The number of aliphatic hydroxyl groups excluding tert-OH is 1. The molecule has 0 spiro atoms. The second-order valence-electron chi connectivity index (χ2n) is 7.96. The number of ether oxygens (including phenoxy) is 4. The van der Waals surface area contributed by atoms with E-state index < -0.39 is 42.0 Å². The van der Waals surface area contributed by atoms with Gasteiger partial charge in [0.05, 0.1) is 19.3 Å². The first-order chi connectivity index (χ1) is 17.3. The van der Waals surface area contributed by atoms with E-state index in [-0.39, 0.29) is 38.6 Å². The lowest BCUT2D eigenvalue weighted by Gasteiger charge is -2.27. The maximum Gasteiger partial charge on any atom is 0.417 e. The van der Waals surface area contributed by atoms with Crippen molar-refractivity contribution in [1.29, 1.82) is 0 Å². The van der Waals surface area contributed by atoms with Crippen LogP contribution in [0.5, 0.6) is 0 Å². The highest BCUT2D eigenvalue weighted by Crippen LogP contribution is 2.21. The van der Waals surface area contributed by atoms with Crippen molar-refractivity contribution in [3.63, 3.8) is 0 Å². The summed E-state index contributed by atoms with van der Waals surface area (Å²) in [5, 5.41) is 8.66. The zero-order chi connectivity index (χ0) is 26.5. The summed E-state index contributed by atoms with van der Waals surface area (Å²) in [5.41, 5.74) is 0.864. The summed E-state index contributed by atoms with van der Waals surface area (Å²) in [4.78, 5) is 63.1. The average Bonchev–Trinajstić information content (AvgIpc) is 3.22. The van der Waals surface area contributed by atoms with E-state index in [0.717, 1.165) is 36.6 Å². The molecule has 196 valence electrons. The Hall–Kier alpha value is -3.41. The van der Waals surface area contributed by atoms with Crippen molar-refractivity contribution < 1.29 is 48.0 Å². The molecule has 0 radical (unpaired) electrons. The van der Waals surface area contributed by atoms with Crippen LogP contribution < -0.4 is 0 Å². The summed E-state index contributed by atoms with van der Waals surface area (Å²) >= 11 is 0. The number of aliphatic hydroxyl groups is 1. The van der Waals surface area contributed by atoms with E-state index >= 15 is 0 Å². The van der Waals surface area contributed by atoms with Crippen molar-refractivity contribution in [2.24, 2.45) is 0 Å². The fraction of sp³-hybridized carbons (Fsp3) is 0.480. The molecule has 1 N–H and O–H groups in total. The highest BCUT2D eigenvalue weighted by molar-refractivity contribution is 6.05. The SMILES string of the molecule is CO[C@H](C(=O)N1C(=O)OC[C@@H]1Cc1ccccc1)[C@H](OC(C)=O)C(=O)C=CC(=O)CCCOCCO. The third-order valence-electron chi connectivity index (χ3n) is 5.24. The van der Waals surface area contributed by atoms with Crippen LogP contribution in [0.25, 0.3) is 0 Å². The van der Waals surface area contributed by atoms with Crippen LogP contribution in [0.15, 0.2) is 42.5 Å². The minimum Gasteiger partial charge on any atom is -0.451 e. The molecule has 3 atom stereocenters. The van der Waals surface area contributed by atoms with Gasteiger partial charge in [0.25, 0.3) is 5.91 Å². The molecule has 11 heteroatoms. The van der Waals surface area contributed by atoms with E-state index in [1.165, 1.54) is 0 Å². The van der Waals surface area contributed by atoms with Crippen LogP contribution in [-0.2, 0) is 44.5 Å². The van der Waals surface area contributed by atoms with Gasteiger partial charge >= 0.3 is 12.1 Å². The molecule has 2 amide bonds. The van der Waals surface area contributed by atoms with Gasteiger partial charge in [-0.05, 0) is 30.6 Å². The summed E-state index contributed by atoms with van der Waals surface area (Å²) in [6, 6.07) is 8.51. The first kappa shape index (κ1) is 28.8. The minimum absolute atomic E-state index is 0.0432. The monoisotopic (exact) mass is 505 g/mol. The van der Waals surface area contributed by atoms with E-state index in [2.05, 4.69) is 0 Å². The van der Waals surface area contributed by atoms with E-state index in [9.17, 15) is 24.0 Å². The molecule has 2 rings (SSSR count). The van der Waals surface area contributed by atoms with Crippen LogP contribution in [0, 0.1) is 0 Å². The van der Waals surface area contributed by atoms with E-state index in [4.69, 9.17) is 24.1 Å². The average molecular weight is 506 g/mol. The van der Waals surface area contributed by atoms with Gasteiger partial charge in [-0.25, -0.2) is 9.69 Å².